The summed E-state index contributed by atoms with van der Waals surface area (Å²) in [4.78, 5) is 22.7. The SMILES string of the molecule is CC(C)NC(=O)CC(=O)N/N=C\c1c(F)cccc1Cl. The van der Waals surface area contributed by atoms with Crippen molar-refractivity contribution in [3.63, 3.8) is 0 Å². The summed E-state index contributed by atoms with van der Waals surface area (Å²) in [5.74, 6) is -1.54. The van der Waals surface area contributed by atoms with Crippen LogP contribution in [0.1, 0.15) is 25.8 Å². The van der Waals surface area contributed by atoms with Gasteiger partial charge in [0, 0.05) is 11.6 Å². The molecule has 0 aliphatic rings. The van der Waals surface area contributed by atoms with E-state index >= 15 is 0 Å². The van der Waals surface area contributed by atoms with Crippen LogP contribution in [-0.4, -0.2) is 24.1 Å². The van der Waals surface area contributed by atoms with E-state index in [4.69, 9.17) is 11.6 Å². The quantitative estimate of drug-likeness (QED) is 0.495. The van der Waals surface area contributed by atoms with E-state index in [2.05, 4.69) is 15.8 Å². The highest BCUT2D eigenvalue weighted by Crippen LogP contribution is 2.16. The van der Waals surface area contributed by atoms with Gasteiger partial charge in [0.2, 0.25) is 11.8 Å². The predicted octanol–water partition coefficient (Wildman–Crippen LogP) is 1.84. The third-order valence-electron chi connectivity index (χ3n) is 2.15. The number of amides is 2. The molecule has 7 heteroatoms. The molecule has 0 unspecified atom stereocenters. The van der Waals surface area contributed by atoms with E-state index in [9.17, 15) is 14.0 Å². The summed E-state index contributed by atoms with van der Waals surface area (Å²) in [7, 11) is 0. The molecule has 0 fully saturated rings. The summed E-state index contributed by atoms with van der Waals surface area (Å²) >= 11 is 5.78. The van der Waals surface area contributed by atoms with Gasteiger partial charge >= 0.3 is 0 Å². The normalized spacial score (nSPS) is 10.8. The topological polar surface area (TPSA) is 70.6 Å². The number of carbonyl (C=O) groups excluding carboxylic acids is 2. The summed E-state index contributed by atoms with van der Waals surface area (Å²) < 4.78 is 13.4. The van der Waals surface area contributed by atoms with Crippen LogP contribution in [0.5, 0.6) is 0 Å². The molecule has 2 amide bonds. The number of rotatable bonds is 5. The molecule has 0 atom stereocenters. The summed E-state index contributed by atoms with van der Waals surface area (Å²) in [5, 5.41) is 6.31. The van der Waals surface area contributed by atoms with E-state index in [0.717, 1.165) is 6.21 Å². The maximum atomic E-state index is 13.4. The van der Waals surface area contributed by atoms with Crippen molar-refractivity contribution < 1.29 is 14.0 Å². The lowest BCUT2D eigenvalue weighted by atomic mass is 10.2. The lowest BCUT2D eigenvalue weighted by Crippen LogP contribution is -2.34. The van der Waals surface area contributed by atoms with Crippen molar-refractivity contribution in [2.24, 2.45) is 5.10 Å². The fourth-order valence-electron chi connectivity index (χ4n) is 1.36. The molecule has 0 aliphatic heterocycles. The molecule has 20 heavy (non-hydrogen) atoms. The minimum absolute atomic E-state index is 0.0453. The number of nitrogens with one attached hydrogen (secondary N) is 2. The summed E-state index contributed by atoms with van der Waals surface area (Å²) in [6, 6.07) is 4.15. The second-order valence-electron chi connectivity index (χ2n) is 4.33. The Morgan fingerprint density at radius 2 is 2.10 bits per heavy atom. The van der Waals surface area contributed by atoms with Gasteiger partial charge in [-0.3, -0.25) is 9.59 Å². The molecule has 0 aliphatic carbocycles. The maximum absolute atomic E-state index is 13.4. The first kappa shape index (κ1) is 16.1. The van der Waals surface area contributed by atoms with Gasteiger partial charge in [0.1, 0.15) is 12.2 Å². The molecule has 2 N–H and O–H groups in total. The van der Waals surface area contributed by atoms with Crippen LogP contribution >= 0.6 is 11.6 Å². The lowest BCUT2D eigenvalue weighted by molar-refractivity contribution is -0.129. The Balaban J connectivity index is 2.52. The number of halogens is 2. The Labute approximate surface area is 121 Å². The van der Waals surface area contributed by atoms with Crippen LogP contribution in [0.15, 0.2) is 23.3 Å². The highest BCUT2D eigenvalue weighted by Gasteiger charge is 2.09. The van der Waals surface area contributed by atoms with Gasteiger partial charge in [-0.05, 0) is 26.0 Å². The highest BCUT2D eigenvalue weighted by molar-refractivity contribution is 6.33. The molecular formula is C13H15ClFN3O2. The minimum Gasteiger partial charge on any atom is -0.353 e. The van der Waals surface area contributed by atoms with Crippen LogP contribution in [0.2, 0.25) is 5.02 Å². The third-order valence-corrected chi connectivity index (χ3v) is 2.48. The molecule has 1 aromatic rings. The molecule has 0 spiro atoms. The van der Waals surface area contributed by atoms with E-state index in [1.807, 2.05) is 0 Å². The van der Waals surface area contributed by atoms with Gasteiger partial charge in [-0.1, -0.05) is 17.7 Å². The van der Waals surface area contributed by atoms with Gasteiger partial charge in [0.15, 0.2) is 0 Å². The Bertz CT molecular complexity index is 512. The first-order chi connectivity index (χ1) is 9.40. The van der Waals surface area contributed by atoms with Gasteiger partial charge in [-0.25, -0.2) is 9.82 Å². The molecule has 0 aromatic heterocycles. The Hall–Kier alpha value is -1.95. The summed E-state index contributed by atoms with van der Waals surface area (Å²) in [6.45, 7) is 3.57. The van der Waals surface area contributed by atoms with Crippen LogP contribution in [0.25, 0.3) is 0 Å². The largest absolute Gasteiger partial charge is 0.353 e. The Kier molecular flexibility index (Phi) is 6.11. The van der Waals surface area contributed by atoms with E-state index in [1.54, 1.807) is 13.8 Å². The fraction of sp³-hybridized carbons (Fsp3) is 0.308. The predicted molar refractivity (Wildman–Crippen MR) is 75.0 cm³/mol. The average molecular weight is 300 g/mol. The van der Waals surface area contributed by atoms with Crippen molar-refractivity contribution in [3.8, 4) is 0 Å². The van der Waals surface area contributed by atoms with Gasteiger partial charge in [0.05, 0.1) is 11.2 Å². The number of nitrogens with zero attached hydrogens (tertiary/aromatic N) is 1. The second-order valence-corrected chi connectivity index (χ2v) is 4.73. The van der Waals surface area contributed by atoms with Crippen molar-refractivity contribution >= 4 is 29.6 Å². The van der Waals surface area contributed by atoms with Crippen LogP contribution in [0, 0.1) is 5.82 Å². The van der Waals surface area contributed by atoms with Crippen molar-refractivity contribution in [1.82, 2.24) is 10.7 Å². The third kappa shape index (κ3) is 5.36. The Morgan fingerprint density at radius 3 is 2.70 bits per heavy atom. The molecule has 0 bridgehead atoms. The number of hydrogen-bond acceptors (Lipinski definition) is 3. The van der Waals surface area contributed by atoms with Crippen LogP contribution in [-0.2, 0) is 9.59 Å². The molecule has 1 rings (SSSR count). The van der Waals surface area contributed by atoms with Crippen LogP contribution in [0.3, 0.4) is 0 Å². The first-order valence-corrected chi connectivity index (χ1v) is 6.33. The van der Waals surface area contributed by atoms with Gasteiger partial charge in [-0.15, -0.1) is 0 Å². The molecule has 5 nitrogen and oxygen atoms in total. The van der Waals surface area contributed by atoms with E-state index in [1.165, 1.54) is 18.2 Å². The van der Waals surface area contributed by atoms with Crippen LogP contribution < -0.4 is 10.7 Å². The number of hydrazone groups is 1. The minimum atomic E-state index is -0.591. The molecule has 0 radical (unpaired) electrons. The van der Waals surface area contributed by atoms with Gasteiger partial charge in [-0.2, -0.15) is 5.10 Å². The summed E-state index contributed by atoms with van der Waals surface area (Å²) in [6.07, 6.45) is 0.746. The zero-order chi connectivity index (χ0) is 15.1. The zero-order valence-electron chi connectivity index (χ0n) is 11.1. The highest BCUT2D eigenvalue weighted by atomic mass is 35.5. The lowest BCUT2D eigenvalue weighted by Gasteiger charge is -2.06. The monoisotopic (exact) mass is 299 g/mol. The molecule has 0 saturated carbocycles. The average Bonchev–Trinajstić information content (AvgIpc) is 2.31. The smallest absolute Gasteiger partial charge is 0.249 e. The van der Waals surface area contributed by atoms with Gasteiger partial charge in [0.25, 0.3) is 0 Å². The van der Waals surface area contributed by atoms with E-state index < -0.39 is 17.6 Å². The maximum Gasteiger partial charge on any atom is 0.249 e. The number of carbonyl (C=O) groups is 2. The fourth-order valence-corrected chi connectivity index (χ4v) is 1.57. The van der Waals surface area contributed by atoms with Crippen molar-refractivity contribution in [1.29, 1.82) is 0 Å². The standard InChI is InChI=1S/C13H15ClFN3O2/c1-8(2)17-12(19)6-13(20)18-16-7-9-10(14)4-3-5-11(9)15/h3-5,7-8H,6H2,1-2H3,(H,17,19)(H,18,20)/b16-7-. The van der Waals surface area contributed by atoms with E-state index in [0.29, 0.717) is 0 Å². The summed E-state index contributed by atoms with van der Waals surface area (Å²) in [5.41, 5.74) is 2.20. The number of hydrogen-bond donors (Lipinski definition) is 2. The van der Waals surface area contributed by atoms with E-state index in [-0.39, 0.29) is 23.0 Å². The second kappa shape index (κ2) is 7.59. The first-order valence-electron chi connectivity index (χ1n) is 5.95. The van der Waals surface area contributed by atoms with Gasteiger partial charge < -0.3 is 5.32 Å². The molecule has 0 heterocycles. The van der Waals surface area contributed by atoms with Crippen molar-refractivity contribution in [2.45, 2.75) is 26.3 Å². The molecular weight excluding hydrogens is 285 g/mol. The van der Waals surface area contributed by atoms with Crippen molar-refractivity contribution in [2.75, 3.05) is 0 Å². The van der Waals surface area contributed by atoms with Crippen LogP contribution in [0.4, 0.5) is 4.39 Å². The molecule has 0 saturated heterocycles. The zero-order valence-corrected chi connectivity index (χ0v) is 11.9. The molecule has 1 aromatic carbocycles. The van der Waals surface area contributed by atoms with Crippen molar-refractivity contribution in [3.05, 3.63) is 34.6 Å². The number of benzene rings is 1. The molecule has 108 valence electrons. The Morgan fingerprint density at radius 1 is 1.40 bits per heavy atom.